The quantitative estimate of drug-likeness (QED) is 0.727. The van der Waals surface area contributed by atoms with E-state index in [-0.39, 0.29) is 16.2 Å². The van der Waals surface area contributed by atoms with Gasteiger partial charge in [0.2, 0.25) is 0 Å². The molecule has 1 aromatic carbocycles. The topological polar surface area (TPSA) is 46.4 Å². The van der Waals surface area contributed by atoms with Crippen molar-refractivity contribution in [1.82, 2.24) is 9.38 Å². The number of anilines is 1. The van der Waals surface area contributed by atoms with Gasteiger partial charge in [0.1, 0.15) is 22.7 Å². The molecular weight excluding hydrogens is 322 g/mol. The predicted octanol–water partition coefficient (Wildman–Crippen LogP) is 3.81. The maximum atomic E-state index is 12.8. The zero-order chi connectivity index (χ0) is 15.9. The van der Waals surface area contributed by atoms with Crippen LogP contribution in [0.25, 0.3) is 4.83 Å². The lowest BCUT2D eigenvalue weighted by molar-refractivity contribution is -0.141. The van der Waals surface area contributed by atoms with Crippen LogP contribution in [0.3, 0.4) is 0 Å². The van der Waals surface area contributed by atoms with Crippen molar-refractivity contribution < 1.29 is 22.4 Å². The zero-order valence-electron chi connectivity index (χ0n) is 10.7. The predicted molar refractivity (Wildman–Crippen MR) is 72.4 cm³/mol. The van der Waals surface area contributed by atoms with Gasteiger partial charge in [-0.05, 0) is 24.3 Å². The van der Waals surface area contributed by atoms with Gasteiger partial charge in [-0.15, -0.1) is 11.3 Å². The Hall–Kier alpha value is -2.42. The molecule has 2 aromatic heterocycles. The van der Waals surface area contributed by atoms with Crippen molar-refractivity contribution in [3.05, 3.63) is 53.0 Å². The molecule has 114 valence electrons. The number of nitrogens with one attached hydrogen (secondary N) is 1. The summed E-state index contributed by atoms with van der Waals surface area (Å²) in [7, 11) is 0. The van der Waals surface area contributed by atoms with Gasteiger partial charge in [0.15, 0.2) is 5.82 Å². The van der Waals surface area contributed by atoms with Gasteiger partial charge in [-0.2, -0.15) is 13.2 Å². The van der Waals surface area contributed by atoms with Gasteiger partial charge >= 0.3 is 6.18 Å². The number of hydrogen-bond donors (Lipinski definition) is 1. The first-order chi connectivity index (χ1) is 10.4. The van der Waals surface area contributed by atoms with Crippen LogP contribution in [0.5, 0.6) is 0 Å². The van der Waals surface area contributed by atoms with Gasteiger partial charge < -0.3 is 5.32 Å². The van der Waals surface area contributed by atoms with Crippen LogP contribution in [0.15, 0.2) is 36.0 Å². The molecule has 0 unspecified atom stereocenters. The monoisotopic (exact) mass is 329 g/mol. The van der Waals surface area contributed by atoms with Crippen molar-refractivity contribution >= 4 is 27.9 Å². The molecule has 2 heterocycles. The highest BCUT2D eigenvalue weighted by atomic mass is 32.1. The molecule has 0 aliphatic carbocycles. The van der Waals surface area contributed by atoms with E-state index in [1.807, 2.05) is 0 Å². The van der Waals surface area contributed by atoms with Crippen LogP contribution in [-0.2, 0) is 6.18 Å². The van der Waals surface area contributed by atoms with Crippen molar-refractivity contribution in [3.8, 4) is 0 Å². The minimum absolute atomic E-state index is 0.0230. The molecule has 3 rings (SSSR count). The molecule has 0 atom stereocenters. The fourth-order valence-electron chi connectivity index (χ4n) is 1.86. The number of imidazole rings is 1. The number of halogens is 4. The molecule has 1 amide bonds. The van der Waals surface area contributed by atoms with Crippen LogP contribution < -0.4 is 5.32 Å². The van der Waals surface area contributed by atoms with E-state index < -0.39 is 23.6 Å². The minimum atomic E-state index is -4.50. The number of fused-ring (bicyclic) bond motifs is 1. The smallest absolute Gasteiger partial charge is 0.304 e. The molecule has 4 nitrogen and oxygen atoms in total. The molecule has 0 fully saturated rings. The second-order valence-corrected chi connectivity index (χ2v) is 5.21. The molecule has 0 spiro atoms. The van der Waals surface area contributed by atoms with E-state index in [1.54, 1.807) is 0 Å². The Morgan fingerprint density at radius 2 is 1.91 bits per heavy atom. The Labute approximate surface area is 125 Å². The number of benzene rings is 1. The van der Waals surface area contributed by atoms with Gasteiger partial charge in [-0.3, -0.25) is 9.20 Å². The SMILES string of the molecule is O=C(Nc1ncn2c(C(F)(F)F)csc12)c1ccc(F)cc1. The standard InChI is InChI=1S/C13H7F4N3OS/c14-8-3-1-7(2-4-8)11(21)19-10-12-20(6-18-10)9(5-22-12)13(15,16)17/h1-6H,(H,19,21). The highest BCUT2D eigenvalue weighted by Gasteiger charge is 2.35. The number of carbonyl (C=O) groups excluding carboxylic acids is 1. The largest absolute Gasteiger partial charge is 0.432 e. The summed E-state index contributed by atoms with van der Waals surface area (Å²) in [4.78, 5) is 15.9. The minimum Gasteiger partial charge on any atom is -0.304 e. The number of aromatic nitrogens is 2. The summed E-state index contributed by atoms with van der Waals surface area (Å²) in [5.41, 5.74) is -0.683. The lowest BCUT2D eigenvalue weighted by Crippen LogP contribution is -2.12. The molecule has 0 aliphatic heterocycles. The molecule has 1 N–H and O–H groups in total. The summed E-state index contributed by atoms with van der Waals surface area (Å²) in [6, 6.07) is 4.77. The van der Waals surface area contributed by atoms with Crippen LogP contribution >= 0.6 is 11.3 Å². The summed E-state index contributed by atoms with van der Waals surface area (Å²) in [6.07, 6.45) is -3.51. The fraction of sp³-hybridized carbons (Fsp3) is 0.0769. The summed E-state index contributed by atoms with van der Waals surface area (Å²) >= 11 is 0.819. The molecule has 0 saturated heterocycles. The van der Waals surface area contributed by atoms with E-state index in [0.717, 1.165) is 39.6 Å². The van der Waals surface area contributed by atoms with Crippen LogP contribution in [0, 0.1) is 5.82 Å². The first-order valence-electron chi connectivity index (χ1n) is 5.95. The molecule has 0 aliphatic rings. The summed E-state index contributed by atoms with van der Waals surface area (Å²) in [5, 5.41) is 3.36. The van der Waals surface area contributed by atoms with Crippen molar-refractivity contribution in [3.63, 3.8) is 0 Å². The van der Waals surface area contributed by atoms with E-state index in [2.05, 4.69) is 10.3 Å². The van der Waals surface area contributed by atoms with E-state index in [0.29, 0.717) is 0 Å². The van der Waals surface area contributed by atoms with Gasteiger partial charge in [-0.25, -0.2) is 9.37 Å². The van der Waals surface area contributed by atoms with E-state index in [4.69, 9.17) is 0 Å². The third-order valence-corrected chi connectivity index (χ3v) is 3.85. The number of nitrogens with zero attached hydrogens (tertiary/aromatic N) is 2. The third-order valence-electron chi connectivity index (χ3n) is 2.89. The number of hydrogen-bond acceptors (Lipinski definition) is 3. The number of thiazole rings is 1. The maximum Gasteiger partial charge on any atom is 0.432 e. The van der Waals surface area contributed by atoms with Crippen molar-refractivity contribution in [2.45, 2.75) is 6.18 Å². The lowest BCUT2D eigenvalue weighted by Gasteiger charge is -2.03. The van der Waals surface area contributed by atoms with Crippen molar-refractivity contribution in [1.29, 1.82) is 0 Å². The van der Waals surface area contributed by atoms with Crippen LogP contribution in [0.1, 0.15) is 16.1 Å². The Balaban J connectivity index is 1.90. The number of alkyl halides is 3. The molecule has 0 radical (unpaired) electrons. The number of carbonyl (C=O) groups is 1. The third kappa shape index (κ3) is 2.54. The van der Waals surface area contributed by atoms with E-state index in [1.165, 1.54) is 12.1 Å². The second-order valence-electron chi connectivity index (χ2n) is 4.35. The van der Waals surface area contributed by atoms with Crippen molar-refractivity contribution in [2.24, 2.45) is 0 Å². The number of amides is 1. The average Bonchev–Trinajstić information content (AvgIpc) is 3.01. The second kappa shape index (κ2) is 5.09. The van der Waals surface area contributed by atoms with Crippen LogP contribution in [0.4, 0.5) is 23.4 Å². The lowest BCUT2D eigenvalue weighted by atomic mass is 10.2. The average molecular weight is 329 g/mol. The number of rotatable bonds is 2. The molecule has 22 heavy (non-hydrogen) atoms. The highest BCUT2D eigenvalue weighted by molar-refractivity contribution is 7.16. The summed E-state index contributed by atoms with van der Waals surface area (Å²) < 4.78 is 51.9. The molecule has 9 heteroatoms. The van der Waals surface area contributed by atoms with Gasteiger partial charge in [0, 0.05) is 10.9 Å². The molecular formula is C13H7F4N3OS. The maximum absolute atomic E-state index is 12.8. The Bertz CT molecular complexity index is 835. The van der Waals surface area contributed by atoms with Crippen LogP contribution in [-0.4, -0.2) is 15.3 Å². The van der Waals surface area contributed by atoms with Crippen LogP contribution in [0.2, 0.25) is 0 Å². The molecule has 0 saturated carbocycles. The Morgan fingerprint density at radius 3 is 2.55 bits per heavy atom. The zero-order valence-corrected chi connectivity index (χ0v) is 11.5. The highest BCUT2D eigenvalue weighted by Crippen LogP contribution is 2.35. The summed E-state index contributed by atoms with van der Waals surface area (Å²) in [6.45, 7) is 0. The Morgan fingerprint density at radius 1 is 1.23 bits per heavy atom. The fourth-order valence-corrected chi connectivity index (χ4v) is 2.80. The van der Waals surface area contributed by atoms with Crippen molar-refractivity contribution in [2.75, 3.05) is 5.32 Å². The van der Waals surface area contributed by atoms with E-state index in [9.17, 15) is 22.4 Å². The molecule has 3 aromatic rings. The van der Waals surface area contributed by atoms with Gasteiger partial charge in [-0.1, -0.05) is 0 Å². The van der Waals surface area contributed by atoms with Gasteiger partial charge in [0.25, 0.3) is 5.91 Å². The normalized spacial score (nSPS) is 11.8. The first-order valence-corrected chi connectivity index (χ1v) is 6.83. The van der Waals surface area contributed by atoms with Gasteiger partial charge in [0.05, 0.1) is 0 Å². The van der Waals surface area contributed by atoms with E-state index >= 15 is 0 Å². The Kier molecular flexibility index (Phi) is 3.36. The molecule has 0 bridgehead atoms. The first kappa shape index (κ1) is 14.5. The summed E-state index contributed by atoms with van der Waals surface area (Å²) in [5.74, 6) is -1.05.